The van der Waals surface area contributed by atoms with Crippen molar-refractivity contribution in [3.8, 4) is 5.75 Å². The predicted octanol–water partition coefficient (Wildman–Crippen LogP) is 3.09. The molecule has 1 saturated heterocycles. The lowest BCUT2D eigenvalue weighted by atomic mass is 10.2. The maximum atomic E-state index is 12.5. The van der Waals surface area contributed by atoms with Crippen LogP contribution < -0.4 is 10.1 Å². The Morgan fingerprint density at radius 2 is 1.92 bits per heavy atom. The Hall–Kier alpha value is -2.31. The maximum Gasteiger partial charge on any atom is 0.322 e. The standard InChI is InChI=1S/C18H21ClN4O2/c1-25-17-3-2-15(19)12-16(17)21-18(24)23-10-8-22(9-11-23)13-14-4-6-20-7-5-14/h2-7,12H,8-11,13H2,1H3,(H,21,24). The zero-order chi connectivity index (χ0) is 17.6. The third-order valence-electron chi connectivity index (χ3n) is 4.22. The van der Waals surface area contributed by atoms with Crippen LogP contribution in [0.15, 0.2) is 42.7 Å². The Morgan fingerprint density at radius 1 is 1.20 bits per heavy atom. The summed E-state index contributed by atoms with van der Waals surface area (Å²) in [4.78, 5) is 20.7. The van der Waals surface area contributed by atoms with E-state index in [2.05, 4.69) is 15.2 Å². The molecule has 6 nitrogen and oxygen atoms in total. The lowest BCUT2D eigenvalue weighted by molar-refractivity contribution is 0.143. The third-order valence-corrected chi connectivity index (χ3v) is 4.45. The van der Waals surface area contributed by atoms with Crippen LogP contribution in [0.25, 0.3) is 0 Å². The number of rotatable bonds is 4. The maximum absolute atomic E-state index is 12.5. The van der Waals surface area contributed by atoms with E-state index in [0.717, 1.165) is 19.6 Å². The molecule has 3 rings (SSSR count). The average Bonchev–Trinajstić information content (AvgIpc) is 2.63. The molecule has 0 unspecified atom stereocenters. The van der Waals surface area contributed by atoms with E-state index in [0.29, 0.717) is 29.5 Å². The number of nitrogens with zero attached hydrogens (tertiary/aromatic N) is 3. The fourth-order valence-electron chi connectivity index (χ4n) is 2.83. The second kappa shape index (κ2) is 8.18. The molecule has 0 saturated carbocycles. The number of amides is 2. The number of urea groups is 1. The molecule has 0 bridgehead atoms. The minimum Gasteiger partial charge on any atom is -0.495 e. The number of piperazine rings is 1. The fourth-order valence-corrected chi connectivity index (χ4v) is 3.00. The van der Waals surface area contributed by atoms with Crippen LogP contribution in [-0.2, 0) is 6.54 Å². The van der Waals surface area contributed by atoms with Crippen LogP contribution in [0.4, 0.5) is 10.5 Å². The summed E-state index contributed by atoms with van der Waals surface area (Å²) in [5.41, 5.74) is 1.82. The summed E-state index contributed by atoms with van der Waals surface area (Å²) in [6.45, 7) is 3.91. The molecular formula is C18H21ClN4O2. The van der Waals surface area contributed by atoms with Gasteiger partial charge >= 0.3 is 6.03 Å². The van der Waals surface area contributed by atoms with Crippen LogP contribution in [0.2, 0.25) is 5.02 Å². The molecule has 1 N–H and O–H groups in total. The number of anilines is 1. The summed E-state index contributed by atoms with van der Waals surface area (Å²) in [7, 11) is 1.57. The van der Waals surface area contributed by atoms with Crippen LogP contribution in [0.1, 0.15) is 5.56 Å². The van der Waals surface area contributed by atoms with Gasteiger partial charge in [0.15, 0.2) is 0 Å². The molecule has 1 aromatic heterocycles. The first-order chi connectivity index (χ1) is 12.2. The lowest BCUT2D eigenvalue weighted by Gasteiger charge is -2.34. The number of hydrogen-bond donors (Lipinski definition) is 1. The van der Waals surface area contributed by atoms with E-state index in [1.807, 2.05) is 17.0 Å². The van der Waals surface area contributed by atoms with E-state index in [-0.39, 0.29) is 6.03 Å². The van der Waals surface area contributed by atoms with Gasteiger partial charge in [0.2, 0.25) is 0 Å². The van der Waals surface area contributed by atoms with E-state index >= 15 is 0 Å². The minimum atomic E-state index is -0.135. The summed E-state index contributed by atoms with van der Waals surface area (Å²) >= 11 is 6.01. The number of carbonyl (C=O) groups excluding carboxylic acids is 1. The van der Waals surface area contributed by atoms with Crippen molar-refractivity contribution in [2.45, 2.75) is 6.54 Å². The number of methoxy groups -OCH3 is 1. The largest absolute Gasteiger partial charge is 0.495 e. The summed E-state index contributed by atoms with van der Waals surface area (Å²) in [5, 5.41) is 3.44. The molecule has 0 spiro atoms. The van der Waals surface area contributed by atoms with Crippen molar-refractivity contribution in [1.29, 1.82) is 0 Å². The molecule has 1 aliphatic rings. The first-order valence-corrected chi connectivity index (χ1v) is 8.54. The van der Waals surface area contributed by atoms with Gasteiger partial charge in [-0.25, -0.2) is 4.79 Å². The average molecular weight is 361 g/mol. The Morgan fingerprint density at radius 3 is 2.60 bits per heavy atom. The normalized spacial score (nSPS) is 15.0. The molecule has 1 aliphatic heterocycles. The highest BCUT2D eigenvalue weighted by Crippen LogP contribution is 2.28. The molecule has 2 amide bonds. The van der Waals surface area contributed by atoms with Crippen LogP contribution in [0.5, 0.6) is 5.75 Å². The molecule has 2 heterocycles. The molecule has 0 radical (unpaired) electrons. The highest BCUT2D eigenvalue weighted by Gasteiger charge is 2.22. The van der Waals surface area contributed by atoms with Gasteiger partial charge in [0.25, 0.3) is 0 Å². The van der Waals surface area contributed by atoms with Crippen LogP contribution in [0.3, 0.4) is 0 Å². The molecule has 25 heavy (non-hydrogen) atoms. The zero-order valence-electron chi connectivity index (χ0n) is 14.1. The SMILES string of the molecule is COc1ccc(Cl)cc1NC(=O)N1CCN(Cc2ccncc2)CC1. The number of aromatic nitrogens is 1. The summed E-state index contributed by atoms with van der Waals surface area (Å²) in [6.07, 6.45) is 3.61. The topological polar surface area (TPSA) is 57.7 Å². The molecule has 1 fully saturated rings. The van der Waals surface area contributed by atoms with Crippen molar-refractivity contribution in [2.75, 3.05) is 38.6 Å². The second-order valence-electron chi connectivity index (χ2n) is 5.89. The summed E-state index contributed by atoms with van der Waals surface area (Å²) < 4.78 is 5.27. The minimum absolute atomic E-state index is 0.135. The zero-order valence-corrected chi connectivity index (χ0v) is 14.9. The Labute approximate surface area is 152 Å². The molecule has 1 aromatic carbocycles. The van der Waals surface area contributed by atoms with Crippen molar-refractivity contribution >= 4 is 23.3 Å². The van der Waals surface area contributed by atoms with E-state index < -0.39 is 0 Å². The van der Waals surface area contributed by atoms with E-state index in [1.54, 1.807) is 37.7 Å². The van der Waals surface area contributed by atoms with Gasteiger partial charge in [-0.3, -0.25) is 9.88 Å². The van der Waals surface area contributed by atoms with Crippen LogP contribution >= 0.6 is 11.6 Å². The van der Waals surface area contributed by atoms with E-state index in [1.165, 1.54) is 5.56 Å². The lowest BCUT2D eigenvalue weighted by Crippen LogP contribution is -2.49. The summed E-state index contributed by atoms with van der Waals surface area (Å²) in [6, 6.07) is 9.06. The first kappa shape index (κ1) is 17.5. The Kier molecular flexibility index (Phi) is 5.73. The van der Waals surface area contributed by atoms with Crippen molar-refractivity contribution < 1.29 is 9.53 Å². The fraction of sp³-hybridized carbons (Fsp3) is 0.333. The quantitative estimate of drug-likeness (QED) is 0.910. The highest BCUT2D eigenvalue weighted by molar-refractivity contribution is 6.31. The van der Waals surface area contributed by atoms with Gasteiger partial charge in [0, 0.05) is 50.1 Å². The predicted molar refractivity (Wildman–Crippen MR) is 98.1 cm³/mol. The van der Waals surface area contributed by atoms with Gasteiger partial charge in [-0.05, 0) is 35.9 Å². The number of ether oxygens (including phenoxy) is 1. The van der Waals surface area contributed by atoms with Gasteiger partial charge in [-0.1, -0.05) is 11.6 Å². The Bertz CT molecular complexity index is 718. The second-order valence-corrected chi connectivity index (χ2v) is 6.33. The van der Waals surface area contributed by atoms with Gasteiger partial charge in [0.1, 0.15) is 5.75 Å². The molecule has 7 heteroatoms. The highest BCUT2D eigenvalue weighted by atomic mass is 35.5. The van der Waals surface area contributed by atoms with Gasteiger partial charge in [-0.15, -0.1) is 0 Å². The number of pyridine rings is 1. The number of benzene rings is 1. The molecule has 0 atom stereocenters. The van der Waals surface area contributed by atoms with Crippen molar-refractivity contribution in [2.24, 2.45) is 0 Å². The van der Waals surface area contributed by atoms with Crippen molar-refractivity contribution in [3.05, 3.63) is 53.3 Å². The van der Waals surface area contributed by atoms with Gasteiger partial charge < -0.3 is 15.0 Å². The van der Waals surface area contributed by atoms with Crippen molar-refractivity contribution in [3.63, 3.8) is 0 Å². The van der Waals surface area contributed by atoms with Gasteiger partial charge in [0.05, 0.1) is 12.8 Å². The third kappa shape index (κ3) is 4.61. The molecule has 2 aromatic rings. The first-order valence-electron chi connectivity index (χ1n) is 8.16. The van der Waals surface area contributed by atoms with E-state index in [4.69, 9.17) is 16.3 Å². The number of nitrogens with one attached hydrogen (secondary N) is 1. The summed E-state index contributed by atoms with van der Waals surface area (Å²) in [5.74, 6) is 0.592. The molecule has 0 aliphatic carbocycles. The monoisotopic (exact) mass is 360 g/mol. The Balaban J connectivity index is 1.54. The molecular weight excluding hydrogens is 340 g/mol. The van der Waals surface area contributed by atoms with Crippen molar-refractivity contribution in [1.82, 2.24) is 14.8 Å². The van der Waals surface area contributed by atoms with E-state index in [9.17, 15) is 4.79 Å². The number of halogens is 1. The number of hydrogen-bond acceptors (Lipinski definition) is 4. The smallest absolute Gasteiger partial charge is 0.322 e. The van der Waals surface area contributed by atoms with Crippen LogP contribution in [-0.4, -0.2) is 54.1 Å². The van der Waals surface area contributed by atoms with Gasteiger partial charge in [-0.2, -0.15) is 0 Å². The molecule has 132 valence electrons. The van der Waals surface area contributed by atoms with Crippen LogP contribution in [0, 0.1) is 0 Å². The number of carbonyl (C=O) groups is 1.